The Balaban J connectivity index is 2.21. The first-order valence-electron chi connectivity index (χ1n) is 7.38. The van der Waals surface area contributed by atoms with Gasteiger partial charge in [0.05, 0.1) is 5.56 Å². The van der Waals surface area contributed by atoms with Crippen molar-refractivity contribution in [3.63, 3.8) is 0 Å². The lowest BCUT2D eigenvalue weighted by atomic mass is 10.1. The van der Waals surface area contributed by atoms with Crippen LogP contribution in [0.5, 0.6) is 0 Å². The molecule has 0 bridgehead atoms. The van der Waals surface area contributed by atoms with E-state index in [1.807, 2.05) is 6.92 Å². The van der Waals surface area contributed by atoms with Crippen LogP contribution in [0.1, 0.15) is 42.1 Å². The monoisotopic (exact) mass is 306 g/mol. The molecule has 0 aliphatic heterocycles. The molecule has 0 unspecified atom stereocenters. The molecule has 22 heavy (non-hydrogen) atoms. The maximum absolute atomic E-state index is 11.6. The molecule has 0 saturated carbocycles. The molecule has 0 aromatic heterocycles. The number of hydrogen-bond acceptors (Lipinski definition) is 3. The van der Waals surface area contributed by atoms with E-state index >= 15 is 0 Å². The van der Waals surface area contributed by atoms with Crippen molar-refractivity contribution in [2.24, 2.45) is 0 Å². The van der Waals surface area contributed by atoms with E-state index in [0.717, 1.165) is 12.0 Å². The summed E-state index contributed by atoms with van der Waals surface area (Å²) in [6, 6.07) is 6.54. The number of carboxylic acids is 1. The summed E-state index contributed by atoms with van der Waals surface area (Å²) in [5.41, 5.74) is 1.19. The van der Waals surface area contributed by atoms with Crippen LogP contribution in [0.25, 0.3) is 0 Å². The van der Waals surface area contributed by atoms with Gasteiger partial charge in [-0.25, -0.2) is 4.79 Å². The molecule has 1 aromatic carbocycles. The van der Waals surface area contributed by atoms with Crippen molar-refractivity contribution in [1.82, 2.24) is 10.6 Å². The minimum Gasteiger partial charge on any atom is -0.478 e. The zero-order valence-electron chi connectivity index (χ0n) is 12.7. The summed E-state index contributed by atoms with van der Waals surface area (Å²) in [7, 11) is 0. The maximum atomic E-state index is 11.6. The Morgan fingerprint density at radius 3 is 2.00 bits per heavy atom. The number of carboxylic acid groups (broad SMARTS) is 1. The Labute approximate surface area is 129 Å². The highest BCUT2D eigenvalue weighted by molar-refractivity contribution is 5.87. The minimum absolute atomic E-state index is 0.110. The van der Waals surface area contributed by atoms with Crippen LogP contribution in [0.15, 0.2) is 24.3 Å². The number of hydrogen-bond donors (Lipinski definition) is 3. The molecule has 120 valence electrons. The fraction of sp³-hybridized carbons (Fsp3) is 0.438. The van der Waals surface area contributed by atoms with Gasteiger partial charge in [0.2, 0.25) is 11.8 Å². The lowest BCUT2D eigenvalue weighted by Gasteiger charge is -2.06. The van der Waals surface area contributed by atoms with Crippen molar-refractivity contribution in [3.05, 3.63) is 35.4 Å². The van der Waals surface area contributed by atoms with Gasteiger partial charge in [-0.3, -0.25) is 9.59 Å². The molecule has 6 nitrogen and oxygen atoms in total. The molecule has 0 radical (unpaired) electrons. The predicted octanol–water partition coefficient (Wildman–Crippen LogP) is 1.35. The summed E-state index contributed by atoms with van der Waals surface area (Å²) in [5.74, 6) is -1.23. The third-order valence-electron chi connectivity index (χ3n) is 3.09. The lowest BCUT2D eigenvalue weighted by molar-refractivity contribution is -0.126. The summed E-state index contributed by atoms with van der Waals surface area (Å²) >= 11 is 0. The van der Waals surface area contributed by atoms with Gasteiger partial charge in [0.25, 0.3) is 0 Å². The van der Waals surface area contributed by atoms with E-state index in [0.29, 0.717) is 19.5 Å². The van der Waals surface area contributed by atoms with E-state index in [1.165, 1.54) is 12.1 Å². The number of carbonyl (C=O) groups is 3. The molecule has 0 spiro atoms. The predicted molar refractivity (Wildman–Crippen MR) is 82.6 cm³/mol. The highest BCUT2D eigenvalue weighted by Crippen LogP contribution is 2.04. The molecular formula is C16H22N2O4. The third-order valence-corrected chi connectivity index (χ3v) is 3.09. The van der Waals surface area contributed by atoms with Crippen molar-refractivity contribution in [2.45, 2.75) is 32.6 Å². The SMILES string of the molecule is CCCNC(=O)CCC(=O)NCCc1ccc(C(=O)O)cc1. The van der Waals surface area contributed by atoms with E-state index in [9.17, 15) is 14.4 Å². The van der Waals surface area contributed by atoms with Crippen molar-refractivity contribution in [2.75, 3.05) is 13.1 Å². The highest BCUT2D eigenvalue weighted by atomic mass is 16.4. The molecule has 0 saturated heterocycles. The topological polar surface area (TPSA) is 95.5 Å². The van der Waals surface area contributed by atoms with Crippen LogP contribution in [0.3, 0.4) is 0 Å². The number of rotatable bonds is 9. The minimum atomic E-state index is -0.957. The molecule has 0 atom stereocenters. The summed E-state index contributed by atoms with van der Waals surface area (Å²) in [4.78, 5) is 33.7. The van der Waals surface area contributed by atoms with Gasteiger partial charge >= 0.3 is 5.97 Å². The van der Waals surface area contributed by atoms with Crippen LogP contribution < -0.4 is 10.6 Å². The van der Waals surface area contributed by atoms with Gasteiger partial charge in [0.1, 0.15) is 0 Å². The number of nitrogens with one attached hydrogen (secondary N) is 2. The smallest absolute Gasteiger partial charge is 0.335 e. The first kappa shape index (κ1) is 17.7. The molecule has 0 heterocycles. The van der Waals surface area contributed by atoms with Crippen molar-refractivity contribution in [3.8, 4) is 0 Å². The van der Waals surface area contributed by atoms with E-state index < -0.39 is 5.97 Å². The summed E-state index contributed by atoms with van der Waals surface area (Å²) in [6.45, 7) is 3.06. The quantitative estimate of drug-likeness (QED) is 0.641. The van der Waals surface area contributed by atoms with Crippen LogP contribution in [-0.2, 0) is 16.0 Å². The van der Waals surface area contributed by atoms with Gasteiger partial charge < -0.3 is 15.7 Å². The van der Waals surface area contributed by atoms with Gasteiger partial charge in [-0.2, -0.15) is 0 Å². The molecule has 3 N–H and O–H groups in total. The molecule has 1 aromatic rings. The molecule has 1 rings (SSSR count). The van der Waals surface area contributed by atoms with Crippen LogP contribution >= 0.6 is 0 Å². The Morgan fingerprint density at radius 2 is 1.50 bits per heavy atom. The average Bonchev–Trinajstić information content (AvgIpc) is 2.51. The van der Waals surface area contributed by atoms with Gasteiger partial charge in [-0.1, -0.05) is 19.1 Å². The fourth-order valence-electron chi connectivity index (χ4n) is 1.83. The molecule has 6 heteroatoms. The number of amides is 2. The normalized spacial score (nSPS) is 10.0. The van der Waals surface area contributed by atoms with Crippen molar-refractivity contribution >= 4 is 17.8 Å². The van der Waals surface area contributed by atoms with E-state index in [-0.39, 0.29) is 30.2 Å². The lowest BCUT2D eigenvalue weighted by Crippen LogP contribution is -2.29. The Kier molecular flexibility index (Phi) is 7.67. The Bertz CT molecular complexity index is 511. The molecule has 2 amide bonds. The summed E-state index contributed by atoms with van der Waals surface area (Å²) in [5, 5.41) is 14.3. The molecule has 0 aliphatic carbocycles. The molecule has 0 fully saturated rings. The maximum Gasteiger partial charge on any atom is 0.335 e. The van der Waals surface area contributed by atoms with Crippen LogP contribution in [0, 0.1) is 0 Å². The van der Waals surface area contributed by atoms with Gasteiger partial charge in [-0.15, -0.1) is 0 Å². The van der Waals surface area contributed by atoms with Gasteiger partial charge in [0.15, 0.2) is 0 Å². The highest BCUT2D eigenvalue weighted by Gasteiger charge is 2.06. The number of aromatic carboxylic acids is 1. The second-order valence-corrected chi connectivity index (χ2v) is 4.95. The van der Waals surface area contributed by atoms with E-state index in [4.69, 9.17) is 5.11 Å². The molecular weight excluding hydrogens is 284 g/mol. The zero-order valence-corrected chi connectivity index (χ0v) is 12.7. The largest absolute Gasteiger partial charge is 0.478 e. The standard InChI is InChI=1S/C16H22N2O4/c1-2-10-17-14(19)7-8-15(20)18-11-9-12-3-5-13(6-4-12)16(21)22/h3-6H,2,7-11H2,1H3,(H,17,19)(H,18,20)(H,21,22). The van der Waals surface area contributed by atoms with Crippen molar-refractivity contribution in [1.29, 1.82) is 0 Å². The zero-order chi connectivity index (χ0) is 16.4. The molecule has 0 aliphatic rings. The van der Waals surface area contributed by atoms with Crippen molar-refractivity contribution < 1.29 is 19.5 Å². The average molecular weight is 306 g/mol. The van der Waals surface area contributed by atoms with Crippen LogP contribution in [0.4, 0.5) is 0 Å². The third kappa shape index (κ3) is 6.88. The Hall–Kier alpha value is -2.37. The first-order valence-corrected chi connectivity index (χ1v) is 7.38. The van der Waals surface area contributed by atoms with E-state index in [2.05, 4.69) is 10.6 Å². The first-order chi connectivity index (χ1) is 10.5. The van der Waals surface area contributed by atoms with E-state index in [1.54, 1.807) is 12.1 Å². The summed E-state index contributed by atoms with van der Waals surface area (Å²) < 4.78 is 0. The fourth-order valence-corrected chi connectivity index (χ4v) is 1.83. The number of carbonyl (C=O) groups excluding carboxylic acids is 2. The summed E-state index contributed by atoms with van der Waals surface area (Å²) in [6.07, 6.45) is 1.86. The van der Waals surface area contributed by atoms with Gasteiger partial charge in [0, 0.05) is 25.9 Å². The second-order valence-electron chi connectivity index (χ2n) is 4.95. The second kappa shape index (κ2) is 9.55. The van der Waals surface area contributed by atoms with Crippen LogP contribution in [-0.4, -0.2) is 36.0 Å². The Morgan fingerprint density at radius 1 is 0.955 bits per heavy atom. The van der Waals surface area contributed by atoms with Gasteiger partial charge in [-0.05, 0) is 30.5 Å². The number of benzene rings is 1. The van der Waals surface area contributed by atoms with Crippen LogP contribution in [0.2, 0.25) is 0 Å².